The van der Waals surface area contributed by atoms with Gasteiger partial charge in [-0.3, -0.25) is 0 Å². The molecule has 0 spiro atoms. The van der Waals surface area contributed by atoms with Crippen molar-refractivity contribution >= 4 is 76.2 Å². The van der Waals surface area contributed by atoms with Crippen LogP contribution in [0.5, 0.6) is 0 Å². The quantitative estimate of drug-likeness (QED) is 0.170. The summed E-state index contributed by atoms with van der Waals surface area (Å²) in [5.74, 6) is 1.77. The van der Waals surface area contributed by atoms with E-state index in [9.17, 15) is 0 Å². The van der Waals surface area contributed by atoms with Gasteiger partial charge in [0, 0.05) is 38.2 Å². The van der Waals surface area contributed by atoms with Gasteiger partial charge in [0.25, 0.3) is 0 Å². The molecule has 12 aromatic rings. The Labute approximate surface area is 320 Å². The van der Waals surface area contributed by atoms with Crippen molar-refractivity contribution in [3.05, 3.63) is 176 Å². The summed E-state index contributed by atoms with van der Waals surface area (Å²) in [4.78, 5) is 15.7. The van der Waals surface area contributed by atoms with Gasteiger partial charge in [-0.2, -0.15) is 0 Å². The van der Waals surface area contributed by atoms with Crippen LogP contribution in [0.2, 0.25) is 0 Å². The first-order chi connectivity index (χ1) is 27.7. The van der Waals surface area contributed by atoms with Crippen molar-refractivity contribution in [3.8, 4) is 45.3 Å². The third-order valence-corrected chi connectivity index (χ3v) is 11.1. The van der Waals surface area contributed by atoms with Crippen LogP contribution in [0.3, 0.4) is 0 Å². The van der Waals surface area contributed by atoms with Crippen molar-refractivity contribution in [1.29, 1.82) is 0 Å². The summed E-state index contributed by atoms with van der Waals surface area (Å²) in [7, 11) is 0. The average molecular weight is 716 g/mol. The summed E-state index contributed by atoms with van der Waals surface area (Å²) >= 11 is 0. The minimum absolute atomic E-state index is 0.580. The Morgan fingerprint density at radius 3 is 1.80 bits per heavy atom. The first-order valence-electron chi connectivity index (χ1n) is 18.7. The van der Waals surface area contributed by atoms with Gasteiger partial charge in [0.2, 0.25) is 0 Å². The number of furan rings is 2. The Hall–Kier alpha value is -7.63. The van der Waals surface area contributed by atoms with Crippen LogP contribution in [0, 0.1) is 0 Å². The van der Waals surface area contributed by atoms with Gasteiger partial charge in [0.15, 0.2) is 17.5 Å². The molecule has 0 unspecified atom stereocenters. The second-order valence-corrected chi connectivity index (χ2v) is 14.4. The summed E-state index contributed by atoms with van der Waals surface area (Å²) in [5, 5.41) is 11.1. The fourth-order valence-electron chi connectivity index (χ4n) is 8.33. The number of hydrogen-bond donors (Lipinski definition) is 0. The Morgan fingerprint density at radius 1 is 0.286 bits per heavy atom. The highest BCUT2D eigenvalue weighted by Crippen LogP contribution is 2.39. The zero-order valence-corrected chi connectivity index (χ0v) is 29.9. The Balaban J connectivity index is 1.08. The number of aromatic nitrogens is 3. The van der Waals surface area contributed by atoms with E-state index in [0.29, 0.717) is 17.5 Å². The summed E-state index contributed by atoms with van der Waals surface area (Å²) < 4.78 is 12.8. The number of rotatable bonds is 4. The molecule has 56 heavy (non-hydrogen) atoms. The van der Waals surface area contributed by atoms with E-state index in [1.165, 1.54) is 10.8 Å². The highest BCUT2D eigenvalue weighted by molar-refractivity contribution is 6.13. The Morgan fingerprint density at radius 2 is 0.929 bits per heavy atom. The van der Waals surface area contributed by atoms with Crippen LogP contribution in [0.1, 0.15) is 0 Å². The van der Waals surface area contributed by atoms with E-state index < -0.39 is 0 Å². The standard InChI is InChI=1S/C51H29N3O2/c1-2-9-30(10-3-1)34-23-24-40-46(28-34)56-45-16-8-14-41(48(40)45)51-53-49(35-22-20-33-26-43-39-13-6-7-15-44(39)55-47(43)29-37(33)25-35)52-50(54-51)36-21-19-32-18-17-31-11-4-5-12-38(31)42(32)27-36/h1-29H. The Kier molecular flexibility index (Phi) is 6.56. The lowest BCUT2D eigenvalue weighted by atomic mass is 9.99. The van der Waals surface area contributed by atoms with Crippen LogP contribution in [0.15, 0.2) is 185 Å². The molecular weight excluding hydrogens is 687 g/mol. The lowest BCUT2D eigenvalue weighted by Crippen LogP contribution is -2.00. The van der Waals surface area contributed by atoms with E-state index in [-0.39, 0.29) is 0 Å². The van der Waals surface area contributed by atoms with Gasteiger partial charge in [-0.25, -0.2) is 15.0 Å². The largest absolute Gasteiger partial charge is 0.456 e. The van der Waals surface area contributed by atoms with Gasteiger partial charge < -0.3 is 8.83 Å². The summed E-state index contributed by atoms with van der Waals surface area (Å²) in [6.07, 6.45) is 0. The molecule has 12 rings (SSSR count). The Bertz CT molecular complexity index is 3550. The summed E-state index contributed by atoms with van der Waals surface area (Å²) in [6.45, 7) is 0. The molecule has 3 aromatic heterocycles. The maximum atomic E-state index is 6.52. The van der Waals surface area contributed by atoms with Crippen molar-refractivity contribution < 1.29 is 8.83 Å². The lowest BCUT2D eigenvalue weighted by molar-refractivity contribution is 0.669. The van der Waals surface area contributed by atoms with E-state index >= 15 is 0 Å². The smallest absolute Gasteiger partial charge is 0.164 e. The fourth-order valence-corrected chi connectivity index (χ4v) is 8.33. The zero-order chi connectivity index (χ0) is 36.7. The molecule has 0 saturated heterocycles. The fraction of sp³-hybridized carbons (Fsp3) is 0. The predicted molar refractivity (Wildman–Crippen MR) is 229 cm³/mol. The van der Waals surface area contributed by atoms with Crippen LogP contribution in [-0.2, 0) is 0 Å². The van der Waals surface area contributed by atoms with E-state index in [1.807, 2.05) is 36.4 Å². The molecule has 5 nitrogen and oxygen atoms in total. The number of para-hydroxylation sites is 1. The van der Waals surface area contributed by atoms with E-state index in [0.717, 1.165) is 93.2 Å². The maximum absolute atomic E-state index is 6.52. The molecule has 9 aromatic carbocycles. The van der Waals surface area contributed by atoms with Crippen molar-refractivity contribution in [2.24, 2.45) is 0 Å². The number of benzene rings is 9. The van der Waals surface area contributed by atoms with Crippen molar-refractivity contribution in [1.82, 2.24) is 15.0 Å². The van der Waals surface area contributed by atoms with Crippen molar-refractivity contribution in [3.63, 3.8) is 0 Å². The minimum atomic E-state index is 0.580. The number of fused-ring (bicyclic) bond motifs is 10. The first kappa shape index (κ1) is 30.8. The van der Waals surface area contributed by atoms with Crippen molar-refractivity contribution in [2.75, 3.05) is 0 Å². The predicted octanol–water partition coefficient (Wildman–Crippen LogP) is 13.8. The second kappa shape index (κ2) is 11.9. The monoisotopic (exact) mass is 715 g/mol. The molecule has 0 aliphatic heterocycles. The molecule has 0 aliphatic rings. The molecule has 0 N–H and O–H groups in total. The lowest BCUT2D eigenvalue weighted by Gasteiger charge is -2.11. The van der Waals surface area contributed by atoms with Gasteiger partial charge in [-0.1, -0.05) is 127 Å². The highest BCUT2D eigenvalue weighted by Gasteiger charge is 2.19. The number of hydrogen-bond acceptors (Lipinski definition) is 5. The summed E-state index contributed by atoms with van der Waals surface area (Å²) in [6, 6.07) is 61.1. The molecule has 0 fully saturated rings. The average Bonchev–Trinajstić information content (AvgIpc) is 3.82. The normalized spacial score (nSPS) is 11.9. The molecule has 3 heterocycles. The molecule has 0 amide bonds. The second-order valence-electron chi connectivity index (χ2n) is 14.4. The highest BCUT2D eigenvalue weighted by atomic mass is 16.3. The maximum Gasteiger partial charge on any atom is 0.164 e. The van der Waals surface area contributed by atoms with Gasteiger partial charge in [-0.15, -0.1) is 0 Å². The van der Waals surface area contributed by atoms with Gasteiger partial charge in [-0.05, 0) is 92.0 Å². The van der Waals surface area contributed by atoms with E-state index in [1.54, 1.807) is 0 Å². The first-order valence-corrected chi connectivity index (χ1v) is 18.7. The van der Waals surface area contributed by atoms with Gasteiger partial charge in [0.05, 0.1) is 0 Å². The molecule has 0 bridgehead atoms. The third kappa shape index (κ3) is 4.84. The van der Waals surface area contributed by atoms with Crippen LogP contribution < -0.4 is 0 Å². The molecule has 0 radical (unpaired) electrons. The number of nitrogens with zero attached hydrogens (tertiary/aromatic N) is 3. The van der Waals surface area contributed by atoms with Crippen LogP contribution in [0.4, 0.5) is 0 Å². The van der Waals surface area contributed by atoms with Crippen LogP contribution >= 0.6 is 0 Å². The molecule has 0 aliphatic carbocycles. The van der Waals surface area contributed by atoms with Crippen LogP contribution in [0.25, 0.3) is 121 Å². The van der Waals surface area contributed by atoms with Crippen LogP contribution in [-0.4, -0.2) is 15.0 Å². The molecular formula is C51H29N3O2. The van der Waals surface area contributed by atoms with Gasteiger partial charge in [0.1, 0.15) is 22.3 Å². The summed E-state index contributed by atoms with van der Waals surface area (Å²) in [5.41, 5.74) is 8.26. The third-order valence-electron chi connectivity index (χ3n) is 11.1. The molecule has 0 saturated carbocycles. The molecule has 0 atom stereocenters. The van der Waals surface area contributed by atoms with E-state index in [2.05, 4.69) is 140 Å². The van der Waals surface area contributed by atoms with Gasteiger partial charge >= 0.3 is 0 Å². The van der Waals surface area contributed by atoms with E-state index in [4.69, 9.17) is 23.8 Å². The topological polar surface area (TPSA) is 65.0 Å². The molecule has 260 valence electrons. The minimum Gasteiger partial charge on any atom is -0.456 e. The van der Waals surface area contributed by atoms with Crippen molar-refractivity contribution in [2.45, 2.75) is 0 Å². The molecule has 5 heteroatoms. The zero-order valence-electron chi connectivity index (χ0n) is 29.9. The SMILES string of the molecule is c1ccc(-c2ccc3c(c2)oc2cccc(-c4nc(-c5ccc6cc7c(cc6c5)oc5ccccc57)nc(-c5ccc6ccc7ccccc7c6c5)n4)c23)cc1.